The lowest BCUT2D eigenvalue weighted by atomic mass is 9.99. The Balaban J connectivity index is 1.51. The molecule has 0 aromatic carbocycles. The lowest BCUT2D eigenvalue weighted by Gasteiger charge is -2.31. The van der Waals surface area contributed by atoms with Gasteiger partial charge >= 0.3 is 0 Å². The average molecular weight is 443 g/mol. The van der Waals surface area contributed by atoms with Crippen molar-refractivity contribution in [2.45, 2.75) is 35.1 Å². The van der Waals surface area contributed by atoms with Gasteiger partial charge in [-0.2, -0.15) is 0 Å². The molecule has 0 atom stereocenters. The van der Waals surface area contributed by atoms with Crippen LogP contribution in [0.3, 0.4) is 0 Å². The standard InChI is InChI=1S/C13H19BrN2O4S3/c14-12-3-4-13(21-12)22(17,18)15-9-10-5-7-16(8-6-10)23(19,20)11-1-2-11/h3-4,10-11,15H,1-2,5-9H2. The third kappa shape index (κ3) is 4.16. The van der Waals surface area contributed by atoms with E-state index >= 15 is 0 Å². The molecular weight excluding hydrogens is 424 g/mol. The van der Waals surface area contributed by atoms with Crippen molar-refractivity contribution in [3.63, 3.8) is 0 Å². The molecule has 0 radical (unpaired) electrons. The second-order valence-corrected chi connectivity index (χ2v) is 12.7. The molecule has 2 aliphatic rings. The van der Waals surface area contributed by atoms with E-state index in [0.29, 0.717) is 32.5 Å². The molecule has 1 aromatic rings. The van der Waals surface area contributed by atoms with Crippen molar-refractivity contribution in [3.05, 3.63) is 15.9 Å². The molecule has 130 valence electrons. The topological polar surface area (TPSA) is 83.6 Å². The quantitative estimate of drug-likeness (QED) is 0.729. The van der Waals surface area contributed by atoms with Gasteiger partial charge in [0.05, 0.1) is 9.04 Å². The van der Waals surface area contributed by atoms with Crippen molar-refractivity contribution < 1.29 is 16.8 Å². The van der Waals surface area contributed by atoms with E-state index in [2.05, 4.69) is 20.7 Å². The molecule has 2 heterocycles. The number of rotatable bonds is 6. The summed E-state index contributed by atoms with van der Waals surface area (Å²) >= 11 is 4.43. The first-order chi connectivity index (χ1) is 10.8. The molecule has 3 rings (SSSR count). The summed E-state index contributed by atoms with van der Waals surface area (Å²) in [6, 6.07) is 3.28. The number of hydrogen-bond donors (Lipinski definition) is 1. The van der Waals surface area contributed by atoms with Gasteiger partial charge < -0.3 is 0 Å². The van der Waals surface area contributed by atoms with Gasteiger partial charge in [-0.15, -0.1) is 11.3 Å². The van der Waals surface area contributed by atoms with Gasteiger partial charge in [-0.25, -0.2) is 25.9 Å². The Morgan fingerprint density at radius 2 is 1.78 bits per heavy atom. The fourth-order valence-corrected chi connectivity index (χ4v) is 7.73. The van der Waals surface area contributed by atoms with Crippen LogP contribution in [0.1, 0.15) is 25.7 Å². The number of nitrogens with one attached hydrogen (secondary N) is 1. The average Bonchev–Trinajstić information content (AvgIpc) is 3.28. The maximum Gasteiger partial charge on any atom is 0.250 e. The van der Waals surface area contributed by atoms with Crippen LogP contribution in [0.4, 0.5) is 0 Å². The Hall–Kier alpha value is -0.0000000000000000833. The van der Waals surface area contributed by atoms with Gasteiger partial charge in [-0.1, -0.05) is 0 Å². The van der Waals surface area contributed by atoms with Crippen LogP contribution in [0.25, 0.3) is 0 Å². The van der Waals surface area contributed by atoms with Gasteiger partial charge in [0.15, 0.2) is 0 Å². The summed E-state index contributed by atoms with van der Waals surface area (Å²) in [6.45, 7) is 1.35. The lowest BCUT2D eigenvalue weighted by molar-refractivity contribution is 0.274. The molecule has 0 spiro atoms. The van der Waals surface area contributed by atoms with Gasteiger partial charge in [0.25, 0.3) is 0 Å². The van der Waals surface area contributed by atoms with E-state index in [1.54, 1.807) is 16.4 Å². The van der Waals surface area contributed by atoms with Crippen molar-refractivity contribution in [1.82, 2.24) is 9.03 Å². The predicted octanol–water partition coefficient (Wildman–Crippen LogP) is 1.99. The minimum atomic E-state index is -3.48. The number of sulfonamides is 2. The summed E-state index contributed by atoms with van der Waals surface area (Å²) in [5.74, 6) is 0.179. The summed E-state index contributed by atoms with van der Waals surface area (Å²) < 4.78 is 54.0. The van der Waals surface area contributed by atoms with Crippen LogP contribution in [0, 0.1) is 5.92 Å². The van der Waals surface area contributed by atoms with Crippen LogP contribution in [-0.4, -0.2) is 46.0 Å². The molecule has 1 N–H and O–H groups in total. The number of piperidine rings is 1. The summed E-state index contributed by atoms with van der Waals surface area (Å²) in [7, 11) is -6.58. The third-order valence-electron chi connectivity index (χ3n) is 4.25. The zero-order valence-corrected chi connectivity index (χ0v) is 16.5. The molecule has 1 aliphatic carbocycles. The monoisotopic (exact) mass is 442 g/mol. The van der Waals surface area contributed by atoms with E-state index in [9.17, 15) is 16.8 Å². The zero-order valence-electron chi connectivity index (χ0n) is 12.4. The Labute approximate surface area is 149 Å². The van der Waals surface area contributed by atoms with Crippen molar-refractivity contribution in [2.24, 2.45) is 5.92 Å². The van der Waals surface area contributed by atoms with Gasteiger partial charge in [0.1, 0.15) is 4.21 Å². The largest absolute Gasteiger partial charge is 0.250 e. The molecule has 1 saturated carbocycles. The van der Waals surface area contributed by atoms with Crippen LogP contribution in [0.2, 0.25) is 0 Å². The van der Waals surface area contributed by atoms with Gasteiger partial charge in [-0.3, -0.25) is 0 Å². The second-order valence-electron chi connectivity index (χ2n) is 6.00. The van der Waals surface area contributed by atoms with E-state index in [1.165, 1.54) is 11.3 Å². The Kier molecular flexibility index (Phi) is 5.20. The van der Waals surface area contributed by atoms with E-state index in [-0.39, 0.29) is 15.4 Å². The van der Waals surface area contributed by atoms with Crippen LogP contribution in [0.5, 0.6) is 0 Å². The van der Waals surface area contributed by atoms with E-state index in [1.807, 2.05) is 0 Å². The molecule has 0 unspecified atom stereocenters. The van der Waals surface area contributed by atoms with Crippen LogP contribution in [-0.2, 0) is 20.0 Å². The van der Waals surface area contributed by atoms with E-state index in [0.717, 1.165) is 16.6 Å². The van der Waals surface area contributed by atoms with E-state index < -0.39 is 20.0 Å². The molecule has 2 fully saturated rings. The van der Waals surface area contributed by atoms with Crippen LogP contribution < -0.4 is 4.72 Å². The Morgan fingerprint density at radius 3 is 2.30 bits per heavy atom. The number of thiophene rings is 1. The summed E-state index contributed by atoms with van der Waals surface area (Å²) in [4.78, 5) is 0. The summed E-state index contributed by atoms with van der Waals surface area (Å²) in [5.41, 5.74) is 0. The van der Waals surface area contributed by atoms with Crippen LogP contribution in [0.15, 0.2) is 20.1 Å². The van der Waals surface area contributed by atoms with Crippen molar-refractivity contribution >= 4 is 47.3 Å². The molecule has 23 heavy (non-hydrogen) atoms. The lowest BCUT2D eigenvalue weighted by Crippen LogP contribution is -2.42. The highest BCUT2D eigenvalue weighted by Gasteiger charge is 2.41. The number of hydrogen-bond acceptors (Lipinski definition) is 5. The second kappa shape index (κ2) is 6.72. The molecule has 1 aliphatic heterocycles. The molecule has 1 aromatic heterocycles. The minimum absolute atomic E-state index is 0.171. The number of halogens is 1. The minimum Gasteiger partial charge on any atom is -0.212 e. The molecule has 10 heteroatoms. The predicted molar refractivity (Wildman–Crippen MR) is 93.4 cm³/mol. The maximum absolute atomic E-state index is 12.2. The summed E-state index contributed by atoms with van der Waals surface area (Å²) in [5, 5.41) is -0.171. The van der Waals surface area contributed by atoms with Crippen LogP contribution >= 0.6 is 27.3 Å². The molecule has 6 nitrogen and oxygen atoms in total. The maximum atomic E-state index is 12.2. The number of nitrogens with zero attached hydrogens (tertiary/aromatic N) is 1. The van der Waals surface area contributed by atoms with Gasteiger partial charge in [0.2, 0.25) is 20.0 Å². The SMILES string of the molecule is O=S(=O)(NCC1CCN(S(=O)(=O)C2CC2)CC1)c1ccc(Br)s1. The smallest absolute Gasteiger partial charge is 0.212 e. The van der Waals surface area contributed by atoms with E-state index in [4.69, 9.17) is 0 Å². The Bertz CT molecular complexity index is 763. The molecule has 0 bridgehead atoms. The zero-order chi connectivity index (χ0) is 16.7. The first kappa shape index (κ1) is 17.8. The van der Waals surface area contributed by atoms with Crippen molar-refractivity contribution in [3.8, 4) is 0 Å². The van der Waals surface area contributed by atoms with Crippen molar-refractivity contribution in [1.29, 1.82) is 0 Å². The molecule has 1 saturated heterocycles. The summed E-state index contributed by atoms with van der Waals surface area (Å²) in [6.07, 6.45) is 2.95. The normalized spacial score (nSPS) is 21.6. The molecular formula is C13H19BrN2O4S3. The first-order valence-corrected chi connectivity index (χ1v) is 12.1. The van der Waals surface area contributed by atoms with Crippen molar-refractivity contribution in [2.75, 3.05) is 19.6 Å². The highest BCUT2D eigenvalue weighted by Crippen LogP contribution is 2.33. The highest BCUT2D eigenvalue weighted by atomic mass is 79.9. The highest BCUT2D eigenvalue weighted by molar-refractivity contribution is 9.11. The Morgan fingerprint density at radius 1 is 1.13 bits per heavy atom. The molecule has 0 amide bonds. The third-order valence-corrected chi connectivity index (χ3v) is 10.2. The fraction of sp³-hybridized carbons (Fsp3) is 0.692. The first-order valence-electron chi connectivity index (χ1n) is 7.53. The van der Waals surface area contributed by atoms with Gasteiger partial charge in [-0.05, 0) is 59.7 Å². The fourth-order valence-electron chi connectivity index (χ4n) is 2.69. The van der Waals surface area contributed by atoms with Gasteiger partial charge in [0, 0.05) is 19.6 Å².